The third-order valence-electron chi connectivity index (χ3n) is 4.14. The zero-order chi connectivity index (χ0) is 18.6. The number of halogens is 2. The van der Waals surface area contributed by atoms with Crippen molar-refractivity contribution in [2.24, 2.45) is 0 Å². The Morgan fingerprint density at radius 1 is 1.21 bits per heavy atom. The standard InChI is InChI=1S/C18H17ClN6O2.ClH/c19-16-17(22-7-6-21-16)25-9-5-14(24-25)18(26)23-13-3-1-12(2-4-13)15-11-20-8-10-27-15;/h1-7,9,15,20H,8,10-11H2,(H,23,26);1H/t15-;/m1./s1. The molecule has 146 valence electrons. The van der Waals surface area contributed by atoms with Crippen molar-refractivity contribution in [3.8, 4) is 5.82 Å². The predicted octanol–water partition coefficient (Wildman–Crippen LogP) is 2.65. The number of nitrogens with zero attached hydrogens (tertiary/aromatic N) is 4. The molecular weight excluding hydrogens is 403 g/mol. The molecule has 3 aromatic rings. The summed E-state index contributed by atoms with van der Waals surface area (Å²) in [6, 6.07) is 9.19. The summed E-state index contributed by atoms with van der Waals surface area (Å²) in [5, 5.41) is 10.6. The molecule has 4 rings (SSSR count). The van der Waals surface area contributed by atoms with Gasteiger partial charge < -0.3 is 15.4 Å². The first-order valence-electron chi connectivity index (χ1n) is 8.47. The Kier molecular flexibility index (Phi) is 6.58. The molecule has 1 fully saturated rings. The Balaban J connectivity index is 0.00000225. The molecule has 2 N–H and O–H groups in total. The number of amides is 1. The summed E-state index contributed by atoms with van der Waals surface area (Å²) in [6.07, 6.45) is 4.65. The summed E-state index contributed by atoms with van der Waals surface area (Å²) in [7, 11) is 0. The monoisotopic (exact) mass is 420 g/mol. The smallest absolute Gasteiger partial charge is 0.276 e. The van der Waals surface area contributed by atoms with Crippen molar-refractivity contribution in [2.45, 2.75) is 6.10 Å². The lowest BCUT2D eigenvalue weighted by atomic mass is 10.1. The second kappa shape index (κ2) is 9.11. The fourth-order valence-electron chi connectivity index (χ4n) is 2.79. The summed E-state index contributed by atoms with van der Waals surface area (Å²) in [5.41, 5.74) is 2.00. The first-order chi connectivity index (χ1) is 13.2. The maximum atomic E-state index is 12.4. The molecule has 1 aliphatic heterocycles. The van der Waals surface area contributed by atoms with Gasteiger partial charge in [0.1, 0.15) is 0 Å². The van der Waals surface area contributed by atoms with Gasteiger partial charge in [0, 0.05) is 37.4 Å². The summed E-state index contributed by atoms with van der Waals surface area (Å²) >= 11 is 6.01. The highest BCUT2D eigenvalue weighted by Crippen LogP contribution is 2.21. The number of hydrogen-bond donors (Lipinski definition) is 2. The van der Waals surface area contributed by atoms with Gasteiger partial charge in [0.2, 0.25) is 0 Å². The number of rotatable bonds is 4. The largest absolute Gasteiger partial charge is 0.371 e. The van der Waals surface area contributed by atoms with E-state index in [9.17, 15) is 4.79 Å². The number of carbonyl (C=O) groups is 1. The summed E-state index contributed by atoms with van der Waals surface area (Å²) in [4.78, 5) is 20.5. The summed E-state index contributed by atoms with van der Waals surface area (Å²) in [5.74, 6) is 0.0424. The maximum absolute atomic E-state index is 12.4. The van der Waals surface area contributed by atoms with Crippen molar-refractivity contribution in [1.29, 1.82) is 0 Å². The van der Waals surface area contributed by atoms with Gasteiger partial charge in [0.25, 0.3) is 5.91 Å². The predicted molar refractivity (Wildman–Crippen MR) is 107 cm³/mol. The van der Waals surface area contributed by atoms with Gasteiger partial charge in [-0.25, -0.2) is 14.6 Å². The van der Waals surface area contributed by atoms with E-state index in [2.05, 4.69) is 25.7 Å². The van der Waals surface area contributed by atoms with Gasteiger partial charge in [0.05, 0.1) is 12.7 Å². The minimum absolute atomic E-state index is 0. The van der Waals surface area contributed by atoms with Crippen LogP contribution in [0.4, 0.5) is 5.69 Å². The van der Waals surface area contributed by atoms with Crippen molar-refractivity contribution < 1.29 is 9.53 Å². The molecule has 0 unspecified atom stereocenters. The Morgan fingerprint density at radius 2 is 2.00 bits per heavy atom. The van der Waals surface area contributed by atoms with Gasteiger partial charge >= 0.3 is 0 Å². The molecule has 1 atom stereocenters. The molecule has 28 heavy (non-hydrogen) atoms. The van der Waals surface area contributed by atoms with E-state index >= 15 is 0 Å². The Hall–Kier alpha value is -2.52. The molecule has 0 radical (unpaired) electrons. The Bertz CT molecular complexity index is 941. The van der Waals surface area contributed by atoms with Gasteiger partial charge in [-0.15, -0.1) is 12.4 Å². The third-order valence-corrected chi connectivity index (χ3v) is 4.41. The van der Waals surface area contributed by atoms with Crippen LogP contribution in [-0.2, 0) is 4.74 Å². The Labute approximate surface area is 172 Å². The quantitative estimate of drug-likeness (QED) is 0.673. The van der Waals surface area contributed by atoms with E-state index < -0.39 is 0 Å². The lowest BCUT2D eigenvalue weighted by molar-refractivity contribution is 0.0277. The summed E-state index contributed by atoms with van der Waals surface area (Å²) < 4.78 is 7.14. The van der Waals surface area contributed by atoms with Crippen LogP contribution in [0.15, 0.2) is 48.9 Å². The molecule has 1 aromatic carbocycles. The van der Waals surface area contributed by atoms with Crippen molar-refractivity contribution in [1.82, 2.24) is 25.1 Å². The molecule has 0 spiro atoms. The average Bonchev–Trinajstić information content (AvgIpc) is 3.20. The van der Waals surface area contributed by atoms with Crippen LogP contribution in [0, 0.1) is 0 Å². The van der Waals surface area contributed by atoms with E-state index in [4.69, 9.17) is 16.3 Å². The number of hydrogen-bond acceptors (Lipinski definition) is 6. The van der Waals surface area contributed by atoms with Crippen LogP contribution < -0.4 is 10.6 Å². The molecule has 1 aliphatic rings. The van der Waals surface area contributed by atoms with Crippen LogP contribution in [0.25, 0.3) is 5.82 Å². The van der Waals surface area contributed by atoms with Crippen LogP contribution in [0.1, 0.15) is 22.2 Å². The molecule has 1 amide bonds. The van der Waals surface area contributed by atoms with E-state index in [0.29, 0.717) is 18.1 Å². The number of benzene rings is 1. The van der Waals surface area contributed by atoms with E-state index in [-0.39, 0.29) is 35.3 Å². The number of nitrogens with one attached hydrogen (secondary N) is 2. The van der Waals surface area contributed by atoms with E-state index in [1.165, 1.54) is 17.1 Å². The molecule has 3 heterocycles. The van der Waals surface area contributed by atoms with Crippen LogP contribution in [-0.4, -0.2) is 45.4 Å². The van der Waals surface area contributed by atoms with Gasteiger partial charge in [-0.1, -0.05) is 23.7 Å². The van der Waals surface area contributed by atoms with Gasteiger partial charge in [0.15, 0.2) is 16.7 Å². The second-order valence-corrected chi connectivity index (χ2v) is 6.31. The minimum Gasteiger partial charge on any atom is -0.371 e. The lowest BCUT2D eigenvalue weighted by Crippen LogP contribution is -2.33. The molecule has 10 heteroatoms. The van der Waals surface area contributed by atoms with Crippen LogP contribution in [0.5, 0.6) is 0 Å². The zero-order valence-corrected chi connectivity index (χ0v) is 16.3. The second-order valence-electron chi connectivity index (χ2n) is 5.96. The minimum atomic E-state index is -0.322. The van der Waals surface area contributed by atoms with Crippen LogP contribution in [0.2, 0.25) is 5.15 Å². The SMILES string of the molecule is Cl.O=C(Nc1ccc([C@H]2CNCCO2)cc1)c1ccn(-c2nccnc2Cl)n1. The van der Waals surface area contributed by atoms with Crippen molar-refractivity contribution in [3.05, 3.63) is 65.3 Å². The van der Waals surface area contributed by atoms with E-state index in [0.717, 1.165) is 18.7 Å². The van der Waals surface area contributed by atoms with Gasteiger partial charge in [-0.05, 0) is 23.8 Å². The van der Waals surface area contributed by atoms with Gasteiger partial charge in [-0.3, -0.25) is 4.79 Å². The molecule has 0 aliphatic carbocycles. The van der Waals surface area contributed by atoms with Gasteiger partial charge in [-0.2, -0.15) is 5.10 Å². The fraction of sp³-hybridized carbons (Fsp3) is 0.222. The molecule has 1 saturated heterocycles. The average molecular weight is 421 g/mol. The number of anilines is 1. The summed E-state index contributed by atoms with van der Waals surface area (Å²) in [6.45, 7) is 2.35. The number of aromatic nitrogens is 4. The molecule has 0 saturated carbocycles. The first-order valence-corrected chi connectivity index (χ1v) is 8.85. The highest BCUT2D eigenvalue weighted by molar-refractivity contribution is 6.30. The fourth-order valence-corrected chi connectivity index (χ4v) is 2.98. The highest BCUT2D eigenvalue weighted by Gasteiger charge is 2.16. The van der Waals surface area contributed by atoms with Crippen LogP contribution in [0.3, 0.4) is 0 Å². The van der Waals surface area contributed by atoms with E-state index in [1.54, 1.807) is 12.3 Å². The Morgan fingerprint density at radius 3 is 2.71 bits per heavy atom. The molecule has 8 nitrogen and oxygen atoms in total. The number of ether oxygens (including phenoxy) is 1. The topological polar surface area (TPSA) is 94.0 Å². The highest BCUT2D eigenvalue weighted by atomic mass is 35.5. The first kappa shape index (κ1) is 20.2. The molecular formula is C18H18Cl2N6O2. The van der Waals surface area contributed by atoms with Crippen molar-refractivity contribution in [3.63, 3.8) is 0 Å². The van der Waals surface area contributed by atoms with E-state index in [1.807, 2.05) is 24.3 Å². The number of carbonyl (C=O) groups excluding carboxylic acids is 1. The third kappa shape index (κ3) is 4.48. The number of morpholine rings is 1. The molecule has 2 aromatic heterocycles. The molecule has 0 bridgehead atoms. The van der Waals surface area contributed by atoms with Crippen LogP contribution >= 0.6 is 24.0 Å². The van der Waals surface area contributed by atoms with Crippen molar-refractivity contribution in [2.75, 3.05) is 25.0 Å². The maximum Gasteiger partial charge on any atom is 0.276 e. The normalized spacial score (nSPS) is 16.2. The zero-order valence-electron chi connectivity index (χ0n) is 14.7. The van der Waals surface area contributed by atoms with Crippen molar-refractivity contribution >= 4 is 35.6 Å². The lowest BCUT2D eigenvalue weighted by Gasteiger charge is -2.24.